The lowest BCUT2D eigenvalue weighted by Crippen LogP contribution is -2.10. The summed E-state index contributed by atoms with van der Waals surface area (Å²) in [4.78, 5) is 9.40. The van der Waals surface area contributed by atoms with E-state index in [1.165, 1.54) is 75.4 Å². The van der Waals surface area contributed by atoms with Crippen LogP contribution in [0.3, 0.4) is 0 Å². The molecular formula is C124H82N4O2. The Morgan fingerprint density at radius 3 is 0.715 bits per heavy atom. The predicted octanol–water partition coefficient (Wildman–Crippen LogP) is 35.8. The number of para-hydroxylation sites is 7. The zero-order valence-electron chi connectivity index (χ0n) is 70.9. The van der Waals surface area contributed by atoms with Gasteiger partial charge in [-0.15, -0.1) is 0 Å². The average Bonchev–Trinajstić information content (AvgIpc) is 1.01. The van der Waals surface area contributed by atoms with Crippen LogP contribution in [0, 0.1) is 0 Å². The van der Waals surface area contributed by atoms with Gasteiger partial charge in [-0.05, 0) is 255 Å². The molecule has 23 aromatic carbocycles. The number of anilines is 12. The molecule has 0 aliphatic rings. The highest BCUT2D eigenvalue weighted by Crippen LogP contribution is 2.49. The summed E-state index contributed by atoms with van der Waals surface area (Å²) in [5.41, 5.74) is 25.8. The van der Waals surface area contributed by atoms with Crippen molar-refractivity contribution in [2.45, 2.75) is 0 Å². The third kappa shape index (κ3) is 13.7. The van der Waals surface area contributed by atoms with Gasteiger partial charge in [0.05, 0.1) is 5.69 Å². The van der Waals surface area contributed by atoms with Crippen LogP contribution in [0.15, 0.2) is 506 Å². The molecular weight excluding hydrogens is 1580 g/mol. The first-order valence-corrected chi connectivity index (χ1v) is 44.4. The zero-order valence-corrected chi connectivity index (χ0v) is 70.9. The minimum absolute atomic E-state index is 0.902. The van der Waals surface area contributed by atoms with E-state index in [4.69, 9.17) is 8.83 Å². The molecule has 0 spiro atoms. The number of nitrogens with zero attached hydrogens (tertiary/aromatic N) is 4. The van der Waals surface area contributed by atoms with E-state index >= 15 is 0 Å². The standard InChI is InChI=1S/C64H42N2O.C60H40N2O/c1-2-16-47(17-3-1)66(62-26-12-15-45-14-4-5-18-52(45)62)50-36-30-44(31-37-50)43-28-34-48(35-29-43)65(51-40-41-58-56-21-7-6-19-54(56)55-20-8-9-22-57(55)61(58)42-51)49-38-32-46(33-39-49)53-24-13-25-60-59-23-10-11-27-63(59)67-64(53)60;1-3-14-44(15-4-1)61(45-16-5-2-6-17-45)46-32-26-41(27-33-46)42-28-34-47(35-29-42)62(49-38-39-55-53-20-8-7-18-51(53)52-19-9-10-21-54(52)58(55)40-49)48-36-30-43(31-37-48)50-23-13-24-57-56-22-11-12-25-59(56)63-60(50)57/h1-42H;1-40H. The van der Waals surface area contributed by atoms with E-state index in [0.29, 0.717) is 0 Å². The number of furan rings is 2. The molecule has 0 amide bonds. The van der Waals surface area contributed by atoms with Gasteiger partial charge in [-0.25, -0.2) is 0 Å². The molecule has 0 radical (unpaired) electrons. The fraction of sp³-hybridized carbons (Fsp3) is 0. The second-order valence-corrected chi connectivity index (χ2v) is 33.3. The quantitative estimate of drug-likeness (QED) is 0.0898. The van der Waals surface area contributed by atoms with Crippen LogP contribution in [0.4, 0.5) is 68.2 Å². The van der Waals surface area contributed by atoms with E-state index in [0.717, 1.165) is 157 Å². The van der Waals surface area contributed by atoms with Crippen LogP contribution >= 0.6 is 0 Å². The molecule has 0 atom stereocenters. The smallest absolute Gasteiger partial charge is 0.143 e. The lowest BCUT2D eigenvalue weighted by Gasteiger charge is -2.27. The number of benzene rings is 23. The van der Waals surface area contributed by atoms with Gasteiger partial charge in [0.2, 0.25) is 0 Å². The van der Waals surface area contributed by atoms with Gasteiger partial charge in [0, 0.05) is 101 Å². The van der Waals surface area contributed by atoms with Crippen molar-refractivity contribution >= 4 is 188 Å². The van der Waals surface area contributed by atoms with Crippen molar-refractivity contribution in [2.24, 2.45) is 0 Å². The highest BCUT2D eigenvalue weighted by atomic mass is 16.3. The Labute approximate surface area is 752 Å². The zero-order chi connectivity index (χ0) is 86.0. The van der Waals surface area contributed by atoms with Crippen LogP contribution < -0.4 is 19.6 Å². The largest absolute Gasteiger partial charge is 0.455 e. The summed E-state index contributed by atoms with van der Waals surface area (Å²) in [6.07, 6.45) is 0. The first kappa shape index (κ1) is 76.3. The molecule has 6 heteroatoms. The molecule has 2 aromatic heterocycles. The Hall–Kier alpha value is -17.3. The number of hydrogen-bond acceptors (Lipinski definition) is 6. The Morgan fingerprint density at radius 1 is 0.131 bits per heavy atom. The molecule has 0 N–H and O–H groups in total. The maximum absolute atomic E-state index is 6.47. The molecule has 2 heterocycles. The monoisotopic (exact) mass is 1660 g/mol. The van der Waals surface area contributed by atoms with Crippen LogP contribution in [0.2, 0.25) is 0 Å². The van der Waals surface area contributed by atoms with E-state index in [1.807, 2.05) is 24.3 Å². The summed E-state index contributed by atoms with van der Waals surface area (Å²) in [5.74, 6) is 0. The van der Waals surface area contributed by atoms with Crippen molar-refractivity contribution in [3.63, 3.8) is 0 Å². The topological polar surface area (TPSA) is 39.2 Å². The molecule has 0 aliphatic carbocycles. The van der Waals surface area contributed by atoms with Crippen molar-refractivity contribution in [3.8, 4) is 44.5 Å². The summed E-state index contributed by atoms with van der Waals surface area (Å²) >= 11 is 0. The van der Waals surface area contributed by atoms with Crippen molar-refractivity contribution in [3.05, 3.63) is 497 Å². The molecule has 0 saturated heterocycles. The highest BCUT2D eigenvalue weighted by Gasteiger charge is 2.24. The minimum Gasteiger partial charge on any atom is -0.455 e. The second-order valence-electron chi connectivity index (χ2n) is 33.3. The molecule has 0 saturated carbocycles. The molecule has 0 fully saturated rings. The highest BCUT2D eigenvalue weighted by molar-refractivity contribution is 6.27. The molecule has 25 rings (SSSR count). The van der Waals surface area contributed by atoms with Gasteiger partial charge < -0.3 is 28.4 Å². The van der Waals surface area contributed by atoms with Gasteiger partial charge >= 0.3 is 0 Å². The van der Waals surface area contributed by atoms with Gasteiger partial charge in [-0.2, -0.15) is 0 Å². The lowest BCUT2D eigenvalue weighted by atomic mass is 9.94. The second kappa shape index (κ2) is 32.7. The van der Waals surface area contributed by atoms with E-state index in [-0.39, 0.29) is 0 Å². The minimum atomic E-state index is 0.902. The third-order valence-corrected chi connectivity index (χ3v) is 25.9. The van der Waals surface area contributed by atoms with E-state index in [9.17, 15) is 0 Å². The summed E-state index contributed by atoms with van der Waals surface area (Å²) in [6, 6.07) is 179. The molecule has 0 aliphatic heterocycles. The first-order chi connectivity index (χ1) is 64.5. The maximum Gasteiger partial charge on any atom is 0.143 e. The van der Waals surface area contributed by atoms with Gasteiger partial charge in [0.15, 0.2) is 0 Å². The molecule has 0 unspecified atom stereocenters. The molecule has 0 bridgehead atoms. The molecule has 610 valence electrons. The molecule has 130 heavy (non-hydrogen) atoms. The van der Waals surface area contributed by atoms with Crippen LogP contribution in [0.25, 0.3) is 164 Å². The Morgan fingerprint density at radius 2 is 0.362 bits per heavy atom. The Kier molecular flexibility index (Phi) is 19.2. The van der Waals surface area contributed by atoms with Gasteiger partial charge in [0.25, 0.3) is 0 Å². The Balaban J connectivity index is 0.000000144. The summed E-state index contributed by atoms with van der Waals surface area (Å²) < 4.78 is 12.9. The van der Waals surface area contributed by atoms with Crippen LogP contribution in [-0.2, 0) is 0 Å². The van der Waals surface area contributed by atoms with Crippen molar-refractivity contribution in [1.29, 1.82) is 0 Å². The fourth-order valence-corrected chi connectivity index (χ4v) is 19.7. The SMILES string of the molecule is c1ccc(N(c2ccc(-c3ccc(N(c4ccc(-c5cccc6c5oc5ccccc56)cc4)c4ccc5c6ccccc6c6ccccc6c5c4)cc3)cc2)c2cccc3ccccc23)cc1.c1ccc(N(c2ccccc2)c2ccc(-c3ccc(N(c4ccc(-c5cccc6c5oc5ccccc56)cc4)c4ccc5c6ccccc6c6ccccc6c5c4)cc3)cc2)cc1. The lowest BCUT2D eigenvalue weighted by molar-refractivity contribution is 0.669. The van der Waals surface area contributed by atoms with Gasteiger partial charge in [0.1, 0.15) is 22.3 Å². The van der Waals surface area contributed by atoms with E-state index < -0.39 is 0 Å². The van der Waals surface area contributed by atoms with Crippen LogP contribution in [-0.4, -0.2) is 0 Å². The van der Waals surface area contributed by atoms with E-state index in [2.05, 4.69) is 493 Å². The average molecular weight is 1660 g/mol. The van der Waals surface area contributed by atoms with Crippen molar-refractivity contribution < 1.29 is 8.83 Å². The van der Waals surface area contributed by atoms with E-state index in [1.54, 1.807) is 0 Å². The van der Waals surface area contributed by atoms with Crippen LogP contribution in [0.5, 0.6) is 0 Å². The summed E-state index contributed by atoms with van der Waals surface area (Å²) in [5, 5.41) is 22.0. The van der Waals surface area contributed by atoms with Crippen molar-refractivity contribution in [2.75, 3.05) is 19.6 Å². The number of fused-ring (bicyclic) bond motifs is 19. The molecule has 25 aromatic rings. The van der Waals surface area contributed by atoms with Gasteiger partial charge in [-0.1, -0.05) is 346 Å². The van der Waals surface area contributed by atoms with Crippen LogP contribution in [0.1, 0.15) is 0 Å². The first-order valence-electron chi connectivity index (χ1n) is 44.4. The molecule has 6 nitrogen and oxygen atoms in total. The van der Waals surface area contributed by atoms with Gasteiger partial charge in [-0.3, -0.25) is 0 Å². The number of rotatable bonds is 16. The summed E-state index contributed by atoms with van der Waals surface area (Å²) in [7, 11) is 0. The van der Waals surface area contributed by atoms with Crippen molar-refractivity contribution in [1.82, 2.24) is 0 Å². The normalized spacial score (nSPS) is 11.5. The predicted molar refractivity (Wildman–Crippen MR) is 550 cm³/mol. The fourth-order valence-electron chi connectivity index (χ4n) is 19.7. The Bertz CT molecular complexity index is 8460. The summed E-state index contributed by atoms with van der Waals surface area (Å²) in [6.45, 7) is 0. The number of hydrogen-bond donors (Lipinski definition) is 0. The third-order valence-electron chi connectivity index (χ3n) is 25.9. The maximum atomic E-state index is 6.47.